The van der Waals surface area contributed by atoms with Gasteiger partial charge in [0.2, 0.25) is 0 Å². The quantitative estimate of drug-likeness (QED) is 0.626. The van der Waals surface area contributed by atoms with Crippen molar-refractivity contribution in [2.75, 3.05) is 0 Å². The van der Waals surface area contributed by atoms with Gasteiger partial charge in [0.25, 0.3) is 0 Å². The van der Waals surface area contributed by atoms with E-state index in [0.29, 0.717) is 0 Å². The molecule has 0 radical (unpaired) electrons. The van der Waals surface area contributed by atoms with Crippen LogP contribution in [-0.2, 0) is 0 Å². The lowest BCUT2D eigenvalue weighted by Crippen LogP contribution is -1.72. The maximum atomic E-state index is 6.16. The highest BCUT2D eigenvalue weighted by molar-refractivity contribution is 9.10. The predicted molar refractivity (Wildman–Crippen MR) is 74.3 cm³/mol. The lowest BCUT2D eigenvalue weighted by atomic mass is 10.1. The Hall–Kier alpha value is -0.770. The van der Waals surface area contributed by atoms with Crippen molar-refractivity contribution < 1.29 is 0 Å². The SMILES string of the molecule is Clc1sccc1-c1c[nH]c2ccc(Br)cc12. The molecule has 0 saturated heterocycles. The molecule has 0 fully saturated rings. The third kappa shape index (κ3) is 1.59. The average molecular weight is 313 g/mol. The molecule has 0 aliphatic rings. The van der Waals surface area contributed by atoms with Crippen molar-refractivity contribution in [1.82, 2.24) is 4.98 Å². The van der Waals surface area contributed by atoms with Crippen molar-refractivity contribution in [3.63, 3.8) is 0 Å². The molecule has 0 aliphatic carbocycles. The summed E-state index contributed by atoms with van der Waals surface area (Å²) < 4.78 is 1.91. The number of benzene rings is 1. The summed E-state index contributed by atoms with van der Waals surface area (Å²) in [5.41, 5.74) is 3.37. The Labute approximate surface area is 110 Å². The Morgan fingerprint density at radius 1 is 1.19 bits per heavy atom. The van der Waals surface area contributed by atoms with Crippen LogP contribution in [0.25, 0.3) is 22.0 Å². The average Bonchev–Trinajstić information content (AvgIpc) is 2.83. The smallest absolute Gasteiger partial charge is 0.101 e. The summed E-state index contributed by atoms with van der Waals surface area (Å²) >= 11 is 11.2. The highest BCUT2D eigenvalue weighted by atomic mass is 79.9. The molecule has 1 nitrogen and oxygen atoms in total. The van der Waals surface area contributed by atoms with Crippen LogP contribution in [0, 0.1) is 0 Å². The van der Waals surface area contributed by atoms with Gasteiger partial charge in [-0.3, -0.25) is 0 Å². The summed E-state index contributed by atoms with van der Waals surface area (Å²) in [5.74, 6) is 0. The van der Waals surface area contributed by atoms with Crippen molar-refractivity contribution in [2.24, 2.45) is 0 Å². The van der Waals surface area contributed by atoms with Crippen LogP contribution in [-0.4, -0.2) is 4.98 Å². The van der Waals surface area contributed by atoms with Crippen LogP contribution in [0.1, 0.15) is 0 Å². The van der Waals surface area contributed by atoms with Crippen LogP contribution < -0.4 is 0 Å². The van der Waals surface area contributed by atoms with Gasteiger partial charge in [0, 0.05) is 32.7 Å². The van der Waals surface area contributed by atoms with Crippen molar-refractivity contribution in [3.8, 4) is 11.1 Å². The zero-order valence-electron chi connectivity index (χ0n) is 8.13. The first-order valence-corrected chi connectivity index (χ1v) is 6.81. The first-order chi connectivity index (χ1) is 7.75. The molecule has 3 rings (SSSR count). The molecular formula is C12H7BrClNS. The molecule has 3 aromatic rings. The molecule has 4 heteroatoms. The van der Waals surface area contributed by atoms with E-state index in [-0.39, 0.29) is 0 Å². The van der Waals surface area contributed by atoms with E-state index in [1.165, 1.54) is 5.39 Å². The van der Waals surface area contributed by atoms with Crippen LogP contribution in [0.4, 0.5) is 0 Å². The van der Waals surface area contributed by atoms with E-state index in [2.05, 4.69) is 39.1 Å². The summed E-state index contributed by atoms with van der Waals surface area (Å²) in [5, 5.41) is 3.20. The Kier molecular flexibility index (Phi) is 2.54. The van der Waals surface area contributed by atoms with Crippen molar-refractivity contribution in [1.29, 1.82) is 0 Å². The summed E-state index contributed by atoms with van der Waals surface area (Å²) in [6.07, 6.45) is 2.00. The van der Waals surface area contributed by atoms with E-state index in [9.17, 15) is 0 Å². The normalized spacial score (nSPS) is 11.1. The second kappa shape index (κ2) is 3.91. The van der Waals surface area contributed by atoms with Crippen molar-refractivity contribution in [2.45, 2.75) is 0 Å². The minimum atomic E-state index is 0.834. The van der Waals surface area contributed by atoms with Gasteiger partial charge in [0.05, 0.1) is 0 Å². The van der Waals surface area contributed by atoms with E-state index in [1.54, 1.807) is 11.3 Å². The number of fused-ring (bicyclic) bond motifs is 1. The summed E-state index contributed by atoms with van der Waals surface area (Å²) in [6, 6.07) is 8.24. The molecule has 1 N–H and O–H groups in total. The summed E-state index contributed by atoms with van der Waals surface area (Å²) in [4.78, 5) is 3.26. The molecule has 16 heavy (non-hydrogen) atoms. The van der Waals surface area contributed by atoms with E-state index >= 15 is 0 Å². The maximum Gasteiger partial charge on any atom is 0.101 e. The highest BCUT2D eigenvalue weighted by Gasteiger charge is 2.10. The van der Waals surface area contributed by atoms with E-state index in [4.69, 9.17) is 11.6 Å². The monoisotopic (exact) mass is 311 g/mol. The van der Waals surface area contributed by atoms with Crippen LogP contribution >= 0.6 is 38.9 Å². The fourth-order valence-electron chi connectivity index (χ4n) is 1.80. The molecular weight excluding hydrogens is 306 g/mol. The van der Waals surface area contributed by atoms with Crippen LogP contribution in [0.3, 0.4) is 0 Å². The predicted octanol–water partition coefficient (Wildman–Crippen LogP) is 5.31. The van der Waals surface area contributed by atoms with Gasteiger partial charge in [-0.1, -0.05) is 27.5 Å². The molecule has 0 bridgehead atoms. The maximum absolute atomic E-state index is 6.16. The number of rotatable bonds is 1. The van der Waals surface area contributed by atoms with Crippen LogP contribution in [0.15, 0.2) is 40.3 Å². The lowest BCUT2D eigenvalue weighted by molar-refractivity contribution is 1.47. The third-order valence-corrected chi connectivity index (χ3v) is 4.22. The molecule has 0 unspecified atom stereocenters. The number of H-pyrrole nitrogens is 1. The van der Waals surface area contributed by atoms with Gasteiger partial charge < -0.3 is 4.98 Å². The van der Waals surface area contributed by atoms with Crippen LogP contribution in [0.2, 0.25) is 4.34 Å². The number of hydrogen-bond donors (Lipinski definition) is 1. The minimum absolute atomic E-state index is 0.834. The Bertz CT molecular complexity index is 656. The van der Waals surface area contributed by atoms with Gasteiger partial charge in [0.15, 0.2) is 0 Å². The van der Waals surface area contributed by atoms with Gasteiger partial charge in [-0.05, 0) is 29.6 Å². The largest absolute Gasteiger partial charge is 0.361 e. The topological polar surface area (TPSA) is 15.8 Å². The lowest BCUT2D eigenvalue weighted by Gasteiger charge is -1.97. The number of aromatic nitrogens is 1. The molecule has 1 aromatic carbocycles. The molecule has 0 spiro atoms. The number of thiophene rings is 1. The van der Waals surface area contributed by atoms with Gasteiger partial charge in [-0.2, -0.15) is 0 Å². The first-order valence-electron chi connectivity index (χ1n) is 4.76. The van der Waals surface area contributed by atoms with Crippen LogP contribution in [0.5, 0.6) is 0 Å². The van der Waals surface area contributed by atoms with Crippen molar-refractivity contribution in [3.05, 3.63) is 44.7 Å². The summed E-state index contributed by atoms with van der Waals surface area (Å²) in [7, 11) is 0. The minimum Gasteiger partial charge on any atom is -0.361 e. The fourth-order valence-corrected chi connectivity index (χ4v) is 3.11. The van der Waals surface area contributed by atoms with Gasteiger partial charge in [0.1, 0.15) is 4.34 Å². The molecule has 80 valence electrons. The molecule has 2 heterocycles. The second-order valence-electron chi connectivity index (χ2n) is 3.50. The number of aromatic amines is 1. The number of hydrogen-bond acceptors (Lipinski definition) is 1. The van der Waals surface area contributed by atoms with E-state index in [0.717, 1.165) is 25.5 Å². The first kappa shape index (κ1) is 10.4. The number of halogens is 2. The molecule has 0 aliphatic heterocycles. The Balaban J connectivity index is 2.32. The van der Waals surface area contributed by atoms with E-state index < -0.39 is 0 Å². The molecule has 0 atom stereocenters. The Morgan fingerprint density at radius 2 is 2.06 bits per heavy atom. The third-order valence-electron chi connectivity index (χ3n) is 2.55. The fraction of sp³-hybridized carbons (Fsp3) is 0. The second-order valence-corrected chi connectivity index (χ2v) is 5.93. The highest BCUT2D eigenvalue weighted by Crippen LogP contribution is 2.37. The van der Waals surface area contributed by atoms with Gasteiger partial charge in [-0.25, -0.2) is 0 Å². The zero-order valence-corrected chi connectivity index (χ0v) is 11.3. The number of nitrogens with one attached hydrogen (secondary N) is 1. The standard InChI is InChI=1S/C12H7BrClNS/c13-7-1-2-11-9(5-7)10(6-15-11)8-3-4-16-12(8)14/h1-6,15H. The molecule has 0 saturated carbocycles. The zero-order chi connectivity index (χ0) is 11.1. The Morgan fingerprint density at radius 3 is 2.81 bits per heavy atom. The molecule has 2 aromatic heterocycles. The van der Waals surface area contributed by atoms with Crippen molar-refractivity contribution >= 4 is 49.8 Å². The van der Waals surface area contributed by atoms with Gasteiger partial charge in [-0.15, -0.1) is 11.3 Å². The summed E-state index contributed by atoms with van der Waals surface area (Å²) in [6.45, 7) is 0. The molecule has 0 amide bonds. The van der Waals surface area contributed by atoms with Gasteiger partial charge >= 0.3 is 0 Å². The van der Waals surface area contributed by atoms with E-state index in [1.807, 2.05) is 17.6 Å².